The number of carbonyl (C=O) groups excluding carboxylic acids is 2. The quantitative estimate of drug-likeness (QED) is 0.240. The van der Waals surface area contributed by atoms with Crippen molar-refractivity contribution in [2.45, 2.75) is 52.6 Å². The molecular formula is C36H36ClFN6O2. The van der Waals surface area contributed by atoms with E-state index in [1.807, 2.05) is 41.5 Å². The van der Waals surface area contributed by atoms with Crippen LogP contribution in [0.1, 0.15) is 84.8 Å². The van der Waals surface area contributed by atoms with E-state index in [1.165, 1.54) is 18.5 Å². The second-order valence-electron chi connectivity index (χ2n) is 12.2. The number of aromatic nitrogens is 4. The van der Waals surface area contributed by atoms with Crippen molar-refractivity contribution in [1.82, 2.24) is 29.7 Å². The third kappa shape index (κ3) is 10.5. The summed E-state index contributed by atoms with van der Waals surface area (Å²) in [5.74, 6) is 10.9. The minimum absolute atomic E-state index is 0.115. The average Bonchev–Trinajstić information content (AvgIpc) is 3.01. The molecule has 0 bridgehead atoms. The summed E-state index contributed by atoms with van der Waals surface area (Å²) >= 11 is 5.86. The molecule has 0 aliphatic heterocycles. The maximum absolute atomic E-state index is 13.0. The Kier molecular flexibility index (Phi) is 11.7. The molecule has 0 aromatic carbocycles. The molecule has 0 fully saturated rings. The molecule has 2 amide bonds. The van der Waals surface area contributed by atoms with Crippen LogP contribution >= 0.6 is 11.6 Å². The van der Waals surface area contributed by atoms with Gasteiger partial charge < -0.3 is 9.80 Å². The lowest BCUT2D eigenvalue weighted by molar-refractivity contribution is 0.0640. The number of rotatable bonds is 2. The third-order valence-corrected chi connectivity index (χ3v) is 6.91. The van der Waals surface area contributed by atoms with Gasteiger partial charge in [0.15, 0.2) is 0 Å². The van der Waals surface area contributed by atoms with Gasteiger partial charge in [-0.1, -0.05) is 35.3 Å². The molecule has 236 valence electrons. The van der Waals surface area contributed by atoms with Crippen LogP contribution in [-0.2, 0) is 0 Å². The van der Waals surface area contributed by atoms with E-state index in [0.29, 0.717) is 27.5 Å². The summed E-state index contributed by atoms with van der Waals surface area (Å²) in [6.07, 6.45) is 8.93. The van der Waals surface area contributed by atoms with E-state index in [2.05, 4.69) is 43.6 Å². The fraction of sp³-hybridized carbons (Fsp3) is 0.278. The maximum Gasteiger partial charge on any atom is 0.272 e. The fourth-order valence-electron chi connectivity index (χ4n) is 3.39. The normalized spacial score (nSPS) is 10.7. The molecule has 4 rings (SSSR count). The summed E-state index contributed by atoms with van der Waals surface area (Å²) in [4.78, 5) is 44.0. The molecule has 8 nitrogen and oxygen atoms in total. The monoisotopic (exact) mass is 638 g/mol. The Morgan fingerprint density at radius 2 is 1.04 bits per heavy atom. The molecule has 0 atom stereocenters. The van der Waals surface area contributed by atoms with Crippen molar-refractivity contribution in [1.29, 1.82) is 0 Å². The van der Waals surface area contributed by atoms with Crippen molar-refractivity contribution in [3.8, 4) is 23.7 Å². The predicted octanol–water partition coefficient (Wildman–Crippen LogP) is 6.29. The maximum atomic E-state index is 13.0. The number of hydrogen-bond donors (Lipinski definition) is 0. The van der Waals surface area contributed by atoms with Crippen LogP contribution in [0.4, 0.5) is 4.39 Å². The lowest BCUT2D eigenvalue weighted by Crippen LogP contribution is -2.42. The van der Waals surface area contributed by atoms with E-state index in [4.69, 9.17) is 11.6 Å². The zero-order valence-corrected chi connectivity index (χ0v) is 27.9. The first kappa shape index (κ1) is 35.4. The highest BCUT2D eigenvalue weighted by Gasteiger charge is 2.25. The Hall–Kier alpha value is -5.12. The topological polar surface area (TPSA) is 92.2 Å². The molecule has 4 aromatic heterocycles. The van der Waals surface area contributed by atoms with Crippen LogP contribution in [0.2, 0.25) is 5.02 Å². The van der Waals surface area contributed by atoms with Crippen LogP contribution in [0, 0.1) is 29.5 Å². The number of pyridine rings is 4. The highest BCUT2D eigenvalue weighted by atomic mass is 35.5. The molecule has 0 saturated carbocycles. The summed E-state index contributed by atoms with van der Waals surface area (Å²) in [5.41, 5.74) is 2.81. The van der Waals surface area contributed by atoms with Gasteiger partial charge in [-0.2, -0.15) is 0 Å². The fourth-order valence-corrected chi connectivity index (χ4v) is 3.56. The summed E-state index contributed by atoms with van der Waals surface area (Å²) in [6.45, 7) is 11.8. The van der Waals surface area contributed by atoms with Crippen molar-refractivity contribution in [3.05, 3.63) is 118 Å². The first-order valence-corrected chi connectivity index (χ1v) is 14.7. The first-order valence-electron chi connectivity index (χ1n) is 14.3. The SMILES string of the molecule is CN(C(=O)c1ccc(C#Cc2cncc(Cl)c2)cn1)C(C)(C)C.CN(C(=O)c1ccc(C#Cc2cncc(F)c2)cn1)C(C)(C)C. The van der Waals surface area contributed by atoms with Crippen molar-refractivity contribution in [2.75, 3.05) is 14.1 Å². The number of nitrogens with zero attached hydrogens (tertiary/aromatic N) is 6. The van der Waals surface area contributed by atoms with Gasteiger partial charge in [0, 0.05) is 78.4 Å². The van der Waals surface area contributed by atoms with Gasteiger partial charge in [0.2, 0.25) is 0 Å². The lowest BCUT2D eigenvalue weighted by Gasteiger charge is -2.31. The Labute approximate surface area is 275 Å². The van der Waals surface area contributed by atoms with E-state index >= 15 is 0 Å². The van der Waals surface area contributed by atoms with Gasteiger partial charge in [-0.25, -0.2) is 14.4 Å². The number of amides is 2. The van der Waals surface area contributed by atoms with E-state index in [0.717, 1.165) is 17.3 Å². The Morgan fingerprint density at radius 3 is 1.41 bits per heavy atom. The van der Waals surface area contributed by atoms with Crippen LogP contribution in [-0.4, -0.2) is 66.7 Å². The highest BCUT2D eigenvalue weighted by Crippen LogP contribution is 2.15. The molecule has 10 heteroatoms. The van der Waals surface area contributed by atoms with Gasteiger partial charge in [-0.05, 0) is 77.9 Å². The van der Waals surface area contributed by atoms with E-state index in [-0.39, 0.29) is 22.9 Å². The predicted molar refractivity (Wildman–Crippen MR) is 178 cm³/mol. The van der Waals surface area contributed by atoms with Crippen LogP contribution in [0.15, 0.2) is 73.6 Å². The number of hydrogen-bond acceptors (Lipinski definition) is 6. The molecule has 0 N–H and O–H groups in total. The third-order valence-electron chi connectivity index (χ3n) is 6.70. The molecule has 0 spiro atoms. The number of halogens is 2. The standard InChI is InChI=1S/C18H18ClN3O.C18H18FN3O/c2*1-18(2,3)22(4)17(23)16-8-7-13(11-21-16)5-6-14-9-15(19)12-20-10-14/h2*7-12H,1-4H3. The van der Waals surface area contributed by atoms with Gasteiger partial charge in [0.05, 0.1) is 11.2 Å². The largest absolute Gasteiger partial charge is 0.336 e. The lowest BCUT2D eigenvalue weighted by atomic mass is 10.1. The van der Waals surface area contributed by atoms with E-state index in [1.54, 1.807) is 72.8 Å². The average molecular weight is 639 g/mol. The van der Waals surface area contributed by atoms with Gasteiger partial charge >= 0.3 is 0 Å². The minimum Gasteiger partial charge on any atom is -0.336 e. The van der Waals surface area contributed by atoms with Crippen molar-refractivity contribution < 1.29 is 14.0 Å². The Morgan fingerprint density at radius 1 is 0.630 bits per heavy atom. The molecule has 0 saturated heterocycles. The van der Waals surface area contributed by atoms with Gasteiger partial charge in [0.1, 0.15) is 17.2 Å². The summed E-state index contributed by atoms with van der Waals surface area (Å²) in [7, 11) is 3.51. The van der Waals surface area contributed by atoms with E-state index < -0.39 is 5.82 Å². The van der Waals surface area contributed by atoms with Crippen LogP contribution < -0.4 is 0 Å². The zero-order chi connectivity index (χ0) is 34.1. The van der Waals surface area contributed by atoms with Crippen LogP contribution in [0.25, 0.3) is 0 Å². The smallest absolute Gasteiger partial charge is 0.272 e. The van der Waals surface area contributed by atoms with E-state index in [9.17, 15) is 14.0 Å². The molecule has 4 aromatic rings. The van der Waals surface area contributed by atoms with Crippen molar-refractivity contribution in [2.24, 2.45) is 0 Å². The van der Waals surface area contributed by atoms with Crippen LogP contribution in [0.5, 0.6) is 0 Å². The second kappa shape index (κ2) is 15.2. The second-order valence-corrected chi connectivity index (χ2v) is 12.7. The zero-order valence-electron chi connectivity index (χ0n) is 27.2. The van der Waals surface area contributed by atoms with Gasteiger partial charge in [-0.3, -0.25) is 19.6 Å². The summed E-state index contributed by atoms with van der Waals surface area (Å²) in [5, 5.41) is 0.543. The summed E-state index contributed by atoms with van der Waals surface area (Å²) < 4.78 is 13.0. The first-order chi connectivity index (χ1) is 21.5. The molecule has 46 heavy (non-hydrogen) atoms. The Balaban J connectivity index is 0.000000250. The molecular weight excluding hydrogens is 603 g/mol. The highest BCUT2D eigenvalue weighted by molar-refractivity contribution is 6.30. The molecule has 0 aliphatic rings. The van der Waals surface area contributed by atoms with Gasteiger partial charge in [-0.15, -0.1) is 0 Å². The molecule has 4 heterocycles. The van der Waals surface area contributed by atoms with Crippen molar-refractivity contribution in [3.63, 3.8) is 0 Å². The van der Waals surface area contributed by atoms with Crippen LogP contribution in [0.3, 0.4) is 0 Å². The van der Waals surface area contributed by atoms with Gasteiger partial charge in [0.25, 0.3) is 11.8 Å². The number of carbonyl (C=O) groups is 2. The molecule has 0 aliphatic carbocycles. The minimum atomic E-state index is -0.430. The molecule has 0 radical (unpaired) electrons. The summed E-state index contributed by atoms with van der Waals surface area (Å²) in [6, 6.07) is 9.87. The van der Waals surface area contributed by atoms with Crippen molar-refractivity contribution >= 4 is 23.4 Å². The Bertz CT molecular complexity index is 1670. The molecule has 0 unspecified atom stereocenters.